The molecule has 1 aliphatic heterocycles. The average Bonchev–Trinajstić information content (AvgIpc) is 2.67. The molecule has 2 aromatic rings. The molecule has 1 heterocycles. The number of thioether (sulfide) groups is 1. The molecule has 126 valence electrons. The van der Waals surface area contributed by atoms with Crippen LogP contribution in [0, 0.1) is 0 Å². The SMILES string of the molecule is S=C(NCCSc1ccccc1)N1CCN(c2ccccc2)CC1. The number of anilines is 1. The van der Waals surface area contributed by atoms with Gasteiger partial charge in [-0.15, -0.1) is 11.8 Å². The summed E-state index contributed by atoms with van der Waals surface area (Å²) >= 11 is 7.40. The van der Waals surface area contributed by atoms with Crippen molar-refractivity contribution >= 4 is 34.8 Å². The molecular formula is C19H23N3S2. The van der Waals surface area contributed by atoms with Crippen molar-refractivity contribution in [3.8, 4) is 0 Å². The van der Waals surface area contributed by atoms with E-state index in [0.717, 1.165) is 43.6 Å². The van der Waals surface area contributed by atoms with E-state index in [2.05, 4.69) is 69.7 Å². The van der Waals surface area contributed by atoms with Gasteiger partial charge in [0.05, 0.1) is 0 Å². The van der Waals surface area contributed by atoms with Crippen LogP contribution >= 0.6 is 24.0 Å². The monoisotopic (exact) mass is 357 g/mol. The molecule has 1 aliphatic rings. The molecule has 3 nitrogen and oxygen atoms in total. The zero-order valence-electron chi connectivity index (χ0n) is 13.7. The molecule has 0 amide bonds. The van der Waals surface area contributed by atoms with Gasteiger partial charge in [0.2, 0.25) is 0 Å². The van der Waals surface area contributed by atoms with Crippen LogP contribution in [-0.2, 0) is 0 Å². The smallest absolute Gasteiger partial charge is 0.169 e. The van der Waals surface area contributed by atoms with E-state index >= 15 is 0 Å². The first-order chi connectivity index (χ1) is 11.8. The van der Waals surface area contributed by atoms with Crippen molar-refractivity contribution in [3.63, 3.8) is 0 Å². The first-order valence-corrected chi connectivity index (χ1v) is 9.73. The number of benzene rings is 2. The van der Waals surface area contributed by atoms with Gasteiger partial charge in [-0.3, -0.25) is 0 Å². The summed E-state index contributed by atoms with van der Waals surface area (Å²) in [7, 11) is 0. The van der Waals surface area contributed by atoms with Gasteiger partial charge >= 0.3 is 0 Å². The van der Waals surface area contributed by atoms with Crippen LogP contribution in [0.5, 0.6) is 0 Å². The lowest BCUT2D eigenvalue weighted by atomic mass is 10.2. The first-order valence-electron chi connectivity index (χ1n) is 8.33. The summed E-state index contributed by atoms with van der Waals surface area (Å²) in [4.78, 5) is 6.01. The zero-order chi connectivity index (χ0) is 16.6. The molecule has 2 aromatic carbocycles. The Kier molecular flexibility index (Phi) is 6.38. The van der Waals surface area contributed by atoms with Gasteiger partial charge in [0, 0.05) is 49.1 Å². The molecule has 0 aliphatic carbocycles. The number of nitrogens with one attached hydrogen (secondary N) is 1. The van der Waals surface area contributed by atoms with Gasteiger partial charge in [-0.1, -0.05) is 36.4 Å². The number of thiocarbonyl (C=S) groups is 1. The Hall–Kier alpha value is -1.72. The summed E-state index contributed by atoms with van der Waals surface area (Å²) in [5.74, 6) is 1.02. The fourth-order valence-electron chi connectivity index (χ4n) is 2.76. The maximum Gasteiger partial charge on any atom is 0.169 e. The minimum atomic E-state index is 0.886. The van der Waals surface area contributed by atoms with Crippen molar-refractivity contribution in [1.82, 2.24) is 10.2 Å². The van der Waals surface area contributed by atoms with Gasteiger partial charge in [0.1, 0.15) is 0 Å². The highest BCUT2D eigenvalue weighted by Gasteiger charge is 2.18. The van der Waals surface area contributed by atoms with Gasteiger partial charge in [-0.2, -0.15) is 0 Å². The third kappa shape index (κ3) is 4.89. The molecule has 0 saturated carbocycles. The summed E-state index contributed by atoms with van der Waals surface area (Å²) in [6, 6.07) is 21.1. The van der Waals surface area contributed by atoms with E-state index in [1.165, 1.54) is 10.6 Å². The van der Waals surface area contributed by atoms with E-state index in [1.54, 1.807) is 0 Å². The van der Waals surface area contributed by atoms with Crippen LogP contribution < -0.4 is 10.2 Å². The Morgan fingerprint density at radius 2 is 1.54 bits per heavy atom. The van der Waals surface area contributed by atoms with Gasteiger partial charge in [0.15, 0.2) is 5.11 Å². The van der Waals surface area contributed by atoms with Crippen LogP contribution in [-0.4, -0.2) is 48.5 Å². The van der Waals surface area contributed by atoms with Crippen LogP contribution in [0.15, 0.2) is 65.6 Å². The largest absolute Gasteiger partial charge is 0.368 e. The molecule has 0 spiro atoms. The van der Waals surface area contributed by atoms with Gasteiger partial charge < -0.3 is 15.1 Å². The van der Waals surface area contributed by atoms with E-state index in [0.29, 0.717) is 0 Å². The Bertz CT molecular complexity index is 626. The fourth-order valence-corrected chi connectivity index (χ4v) is 3.84. The van der Waals surface area contributed by atoms with E-state index < -0.39 is 0 Å². The second-order valence-electron chi connectivity index (χ2n) is 5.70. The van der Waals surface area contributed by atoms with E-state index in [1.807, 2.05) is 17.8 Å². The summed E-state index contributed by atoms with van der Waals surface area (Å²) in [6.45, 7) is 4.89. The van der Waals surface area contributed by atoms with E-state index in [4.69, 9.17) is 12.2 Å². The number of hydrogen-bond acceptors (Lipinski definition) is 3. The van der Waals surface area contributed by atoms with Crippen molar-refractivity contribution in [1.29, 1.82) is 0 Å². The maximum absolute atomic E-state index is 5.55. The van der Waals surface area contributed by atoms with Crippen LogP contribution in [0.25, 0.3) is 0 Å². The number of nitrogens with zero attached hydrogens (tertiary/aromatic N) is 2. The highest BCUT2D eigenvalue weighted by atomic mass is 32.2. The highest BCUT2D eigenvalue weighted by molar-refractivity contribution is 7.99. The third-order valence-corrected chi connectivity index (χ3v) is 5.49. The van der Waals surface area contributed by atoms with Crippen LogP contribution in [0.1, 0.15) is 0 Å². The Labute approximate surface area is 154 Å². The average molecular weight is 358 g/mol. The molecular weight excluding hydrogens is 334 g/mol. The predicted molar refractivity (Wildman–Crippen MR) is 108 cm³/mol. The van der Waals surface area contributed by atoms with Gasteiger partial charge in [-0.05, 0) is 36.5 Å². The Morgan fingerprint density at radius 3 is 2.21 bits per heavy atom. The van der Waals surface area contributed by atoms with Crippen molar-refractivity contribution < 1.29 is 0 Å². The normalized spacial score (nSPS) is 14.5. The number of rotatable bonds is 5. The fraction of sp³-hybridized carbons (Fsp3) is 0.316. The molecule has 0 atom stereocenters. The lowest BCUT2D eigenvalue weighted by Crippen LogP contribution is -2.52. The van der Waals surface area contributed by atoms with Crippen LogP contribution in [0.3, 0.4) is 0 Å². The number of hydrogen-bond donors (Lipinski definition) is 1. The molecule has 1 saturated heterocycles. The quantitative estimate of drug-likeness (QED) is 0.500. The molecule has 0 aromatic heterocycles. The van der Waals surface area contributed by atoms with Crippen molar-refractivity contribution in [2.75, 3.05) is 43.4 Å². The van der Waals surface area contributed by atoms with Gasteiger partial charge in [-0.25, -0.2) is 0 Å². The maximum atomic E-state index is 5.55. The zero-order valence-corrected chi connectivity index (χ0v) is 15.4. The number of para-hydroxylation sites is 1. The molecule has 24 heavy (non-hydrogen) atoms. The topological polar surface area (TPSA) is 18.5 Å². The van der Waals surface area contributed by atoms with E-state index in [-0.39, 0.29) is 0 Å². The van der Waals surface area contributed by atoms with Crippen molar-refractivity contribution in [2.24, 2.45) is 0 Å². The standard InChI is InChI=1S/C19H23N3S2/c23-19(20-11-16-24-18-9-5-2-6-10-18)22-14-12-21(13-15-22)17-7-3-1-4-8-17/h1-10H,11-16H2,(H,20,23). The minimum absolute atomic E-state index is 0.886. The molecule has 0 unspecified atom stereocenters. The van der Waals surface area contributed by atoms with Crippen LogP contribution in [0.2, 0.25) is 0 Å². The Balaban J connectivity index is 1.36. The van der Waals surface area contributed by atoms with Crippen LogP contribution in [0.4, 0.5) is 5.69 Å². The molecule has 0 radical (unpaired) electrons. The van der Waals surface area contributed by atoms with Crippen molar-refractivity contribution in [3.05, 3.63) is 60.7 Å². The molecule has 0 bridgehead atoms. The predicted octanol–water partition coefficient (Wildman–Crippen LogP) is 3.48. The first kappa shape index (κ1) is 17.1. The second kappa shape index (κ2) is 8.94. The summed E-state index contributed by atoms with van der Waals surface area (Å²) in [5.41, 5.74) is 1.30. The Morgan fingerprint density at radius 1 is 0.917 bits per heavy atom. The summed E-state index contributed by atoms with van der Waals surface area (Å²) < 4.78 is 0. The second-order valence-corrected chi connectivity index (χ2v) is 7.26. The molecule has 3 rings (SSSR count). The molecule has 1 N–H and O–H groups in total. The summed E-state index contributed by atoms with van der Waals surface area (Å²) in [6.07, 6.45) is 0. The molecule has 5 heteroatoms. The molecule has 1 fully saturated rings. The third-order valence-electron chi connectivity index (χ3n) is 4.08. The number of piperazine rings is 1. The lowest BCUT2D eigenvalue weighted by Gasteiger charge is -2.37. The van der Waals surface area contributed by atoms with E-state index in [9.17, 15) is 0 Å². The summed E-state index contributed by atoms with van der Waals surface area (Å²) in [5, 5.41) is 4.28. The highest BCUT2D eigenvalue weighted by Crippen LogP contribution is 2.17. The lowest BCUT2D eigenvalue weighted by molar-refractivity contribution is 0.381. The minimum Gasteiger partial charge on any atom is -0.368 e. The van der Waals surface area contributed by atoms with Gasteiger partial charge in [0.25, 0.3) is 0 Å². The van der Waals surface area contributed by atoms with Crippen molar-refractivity contribution in [2.45, 2.75) is 4.90 Å².